The van der Waals surface area contributed by atoms with Gasteiger partial charge in [-0.15, -0.1) is 0 Å². The third kappa shape index (κ3) is 3.74. The lowest BCUT2D eigenvalue weighted by Gasteiger charge is -2.09. The van der Waals surface area contributed by atoms with E-state index in [-0.39, 0.29) is 5.69 Å². The largest absolute Gasteiger partial charge is 0.461 e. The zero-order valence-corrected chi connectivity index (χ0v) is 13.6. The van der Waals surface area contributed by atoms with Crippen LogP contribution in [0.4, 0.5) is 5.69 Å². The minimum Gasteiger partial charge on any atom is -0.461 e. The molecule has 0 amide bonds. The van der Waals surface area contributed by atoms with Crippen molar-refractivity contribution >= 4 is 22.4 Å². The average molecular weight is 324 g/mol. The van der Waals surface area contributed by atoms with Crippen LogP contribution in [0.15, 0.2) is 53.1 Å². The van der Waals surface area contributed by atoms with Crippen molar-refractivity contribution < 1.29 is 14.1 Å². The molecule has 0 spiro atoms. The lowest BCUT2D eigenvalue weighted by molar-refractivity contribution is 0.0514. The van der Waals surface area contributed by atoms with E-state index in [1.54, 1.807) is 13.0 Å². The molecule has 0 saturated carbocycles. The van der Waals surface area contributed by atoms with E-state index in [2.05, 4.69) is 34.7 Å². The Bertz CT molecular complexity index is 821. The van der Waals surface area contributed by atoms with Gasteiger partial charge in [-0.3, -0.25) is 0 Å². The Morgan fingerprint density at radius 3 is 2.92 bits per heavy atom. The third-order valence-corrected chi connectivity index (χ3v) is 3.75. The van der Waals surface area contributed by atoms with Crippen LogP contribution in [0, 0.1) is 0 Å². The van der Waals surface area contributed by atoms with Crippen LogP contribution in [0.2, 0.25) is 0 Å². The molecule has 1 aromatic heterocycles. The molecule has 0 unspecified atom stereocenters. The third-order valence-electron chi connectivity index (χ3n) is 3.75. The molecular weight excluding hydrogens is 304 g/mol. The zero-order valence-electron chi connectivity index (χ0n) is 13.6. The van der Waals surface area contributed by atoms with E-state index in [0.717, 1.165) is 18.7 Å². The van der Waals surface area contributed by atoms with Gasteiger partial charge in [0.15, 0.2) is 5.69 Å². The van der Waals surface area contributed by atoms with Crippen molar-refractivity contribution in [1.82, 2.24) is 5.16 Å². The number of aromatic nitrogens is 1. The molecule has 0 aliphatic rings. The number of rotatable bonds is 7. The summed E-state index contributed by atoms with van der Waals surface area (Å²) in [7, 11) is 0. The molecule has 5 nitrogen and oxygen atoms in total. The predicted octanol–water partition coefficient (Wildman–Crippen LogP) is 4.05. The van der Waals surface area contributed by atoms with Crippen LogP contribution in [0.25, 0.3) is 10.8 Å². The molecule has 124 valence electrons. The highest BCUT2D eigenvalue weighted by Gasteiger charge is 2.13. The summed E-state index contributed by atoms with van der Waals surface area (Å²) in [5.41, 5.74) is 1.35. The SMILES string of the molecule is CCOC(=O)c1cc(CCCNc2cccc3ccccc23)on1. The Hall–Kier alpha value is -2.82. The highest BCUT2D eigenvalue weighted by molar-refractivity contribution is 5.93. The van der Waals surface area contributed by atoms with Crippen LogP contribution in [-0.4, -0.2) is 24.3 Å². The summed E-state index contributed by atoms with van der Waals surface area (Å²) < 4.78 is 10.1. The van der Waals surface area contributed by atoms with Crippen molar-refractivity contribution in [1.29, 1.82) is 0 Å². The van der Waals surface area contributed by atoms with Crippen molar-refractivity contribution in [3.63, 3.8) is 0 Å². The minimum atomic E-state index is -0.443. The second-order valence-electron chi connectivity index (χ2n) is 5.46. The predicted molar refractivity (Wildman–Crippen MR) is 93.2 cm³/mol. The first-order chi connectivity index (χ1) is 11.8. The number of fused-ring (bicyclic) bond motifs is 1. The lowest BCUT2D eigenvalue weighted by Crippen LogP contribution is -2.04. The van der Waals surface area contributed by atoms with Crippen LogP contribution in [0.5, 0.6) is 0 Å². The number of nitrogens with zero attached hydrogens (tertiary/aromatic N) is 1. The summed E-state index contributed by atoms with van der Waals surface area (Å²) in [5, 5.41) is 9.63. The summed E-state index contributed by atoms with van der Waals surface area (Å²) in [6.45, 7) is 2.90. The summed E-state index contributed by atoms with van der Waals surface area (Å²) >= 11 is 0. The monoisotopic (exact) mass is 324 g/mol. The summed E-state index contributed by atoms with van der Waals surface area (Å²) in [6, 6.07) is 16.2. The van der Waals surface area contributed by atoms with E-state index < -0.39 is 5.97 Å². The molecule has 5 heteroatoms. The number of carbonyl (C=O) groups excluding carboxylic acids is 1. The van der Waals surface area contributed by atoms with Gasteiger partial charge >= 0.3 is 5.97 Å². The summed E-state index contributed by atoms with van der Waals surface area (Å²) in [6.07, 6.45) is 1.59. The standard InChI is InChI=1S/C19H20N2O3/c1-2-23-19(22)18-13-15(24-21-18)9-6-12-20-17-11-5-8-14-7-3-4-10-16(14)17/h3-5,7-8,10-11,13,20H,2,6,9,12H2,1H3. The number of benzene rings is 2. The maximum absolute atomic E-state index is 11.5. The Balaban J connectivity index is 1.53. The van der Waals surface area contributed by atoms with Crippen LogP contribution >= 0.6 is 0 Å². The van der Waals surface area contributed by atoms with Gasteiger partial charge in [0.05, 0.1) is 6.61 Å². The van der Waals surface area contributed by atoms with Gasteiger partial charge in [-0.1, -0.05) is 41.6 Å². The number of anilines is 1. The molecule has 1 N–H and O–H groups in total. The van der Waals surface area contributed by atoms with E-state index in [0.29, 0.717) is 18.8 Å². The van der Waals surface area contributed by atoms with E-state index >= 15 is 0 Å². The van der Waals surface area contributed by atoms with Gasteiger partial charge in [-0.25, -0.2) is 4.79 Å². The van der Waals surface area contributed by atoms with Gasteiger partial charge < -0.3 is 14.6 Å². The first kappa shape index (κ1) is 16.1. The van der Waals surface area contributed by atoms with Crippen LogP contribution < -0.4 is 5.32 Å². The molecule has 24 heavy (non-hydrogen) atoms. The second-order valence-corrected chi connectivity index (χ2v) is 5.46. The number of hydrogen-bond acceptors (Lipinski definition) is 5. The lowest BCUT2D eigenvalue weighted by atomic mass is 10.1. The normalized spacial score (nSPS) is 10.7. The molecule has 0 aliphatic carbocycles. The molecule has 3 aromatic rings. The Morgan fingerprint density at radius 1 is 1.21 bits per heavy atom. The highest BCUT2D eigenvalue weighted by Crippen LogP contribution is 2.22. The number of hydrogen-bond donors (Lipinski definition) is 1. The van der Waals surface area contributed by atoms with Crippen molar-refractivity contribution in [2.75, 3.05) is 18.5 Å². The zero-order chi connectivity index (χ0) is 16.8. The van der Waals surface area contributed by atoms with Gasteiger partial charge in [-0.2, -0.15) is 0 Å². The molecule has 0 radical (unpaired) electrons. The molecular formula is C19H20N2O3. The van der Waals surface area contributed by atoms with Crippen molar-refractivity contribution in [2.45, 2.75) is 19.8 Å². The average Bonchev–Trinajstić information content (AvgIpc) is 3.08. The maximum atomic E-state index is 11.5. The van der Waals surface area contributed by atoms with Gasteiger partial charge in [0.25, 0.3) is 0 Å². The van der Waals surface area contributed by atoms with E-state index in [1.165, 1.54) is 10.8 Å². The van der Waals surface area contributed by atoms with Crippen LogP contribution in [0.1, 0.15) is 29.6 Å². The van der Waals surface area contributed by atoms with Gasteiger partial charge in [0, 0.05) is 30.1 Å². The highest BCUT2D eigenvalue weighted by atomic mass is 16.5. The number of aryl methyl sites for hydroxylation is 1. The number of esters is 1. The molecule has 1 heterocycles. The molecule has 0 atom stereocenters. The first-order valence-electron chi connectivity index (χ1n) is 8.12. The van der Waals surface area contributed by atoms with Crippen LogP contribution in [0.3, 0.4) is 0 Å². The minimum absolute atomic E-state index is 0.230. The molecule has 0 fully saturated rings. The molecule has 0 aliphatic heterocycles. The van der Waals surface area contributed by atoms with Crippen molar-refractivity contribution in [2.24, 2.45) is 0 Å². The van der Waals surface area contributed by atoms with Gasteiger partial charge in [0.2, 0.25) is 0 Å². The first-order valence-corrected chi connectivity index (χ1v) is 8.12. The number of carbonyl (C=O) groups is 1. The van der Waals surface area contributed by atoms with E-state index in [1.807, 2.05) is 18.2 Å². The number of ether oxygens (including phenoxy) is 1. The Morgan fingerprint density at radius 2 is 2.04 bits per heavy atom. The second kappa shape index (κ2) is 7.64. The van der Waals surface area contributed by atoms with Crippen molar-refractivity contribution in [3.8, 4) is 0 Å². The molecule has 0 saturated heterocycles. The quantitative estimate of drug-likeness (QED) is 0.525. The van der Waals surface area contributed by atoms with Crippen molar-refractivity contribution in [3.05, 3.63) is 60.0 Å². The van der Waals surface area contributed by atoms with Crippen LogP contribution in [-0.2, 0) is 11.2 Å². The fourth-order valence-corrected chi connectivity index (χ4v) is 2.60. The Labute approximate surface area is 140 Å². The van der Waals surface area contributed by atoms with Gasteiger partial charge in [-0.05, 0) is 24.8 Å². The van der Waals surface area contributed by atoms with E-state index in [9.17, 15) is 4.79 Å². The maximum Gasteiger partial charge on any atom is 0.360 e. The Kier molecular flexibility index (Phi) is 5.11. The number of nitrogens with one attached hydrogen (secondary N) is 1. The summed E-state index contributed by atoms with van der Waals surface area (Å²) in [5.74, 6) is 0.249. The topological polar surface area (TPSA) is 64.4 Å². The summed E-state index contributed by atoms with van der Waals surface area (Å²) in [4.78, 5) is 11.5. The fourth-order valence-electron chi connectivity index (χ4n) is 2.60. The van der Waals surface area contributed by atoms with E-state index in [4.69, 9.17) is 9.26 Å². The molecule has 2 aromatic carbocycles. The molecule has 3 rings (SSSR count). The molecule has 0 bridgehead atoms. The smallest absolute Gasteiger partial charge is 0.360 e. The van der Waals surface area contributed by atoms with Gasteiger partial charge in [0.1, 0.15) is 5.76 Å². The fraction of sp³-hybridized carbons (Fsp3) is 0.263.